The van der Waals surface area contributed by atoms with Gasteiger partial charge in [0.1, 0.15) is 0 Å². The molecule has 0 aliphatic carbocycles. The van der Waals surface area contributed by atoms with Crippen LogP contribution < -0.4 is 4.74 Å². The maximum absolute atomic E-state index is 13.1. The third-order valence-corrected chi connectivity index (χ3v) is 2.17. The molecule has 1 nitrogen and oxygen atoms in total. The van der Waals surface area contributed by atoms with Crippen LogP contribution >= 0.6 is 15.9 Å². The first-order valence-corrected chi connectivity index (χ1v) is 5.11. The summed E-state index contributed by atoms with van der Waals surface area (Å²) < 4.78 is 19.2. The molecular formula is C11H12BrFO. The largest absolute Gasteiger partial charge is 0.490 e. The predicted octanol–water partition coefficient (Wildman–Crippen LogP) is 3.93. The Morgan fingerprint density at radius 3 is 2.93 bits per heavy atom. The Bertz CT molecular complexity index is 336. The molecule has 0 spiro atoms. The van der Waals surface area contributed by atoms with Gasteiger partial charge in [0.25, 0.3) is 0 Å². The first-order chi connectivity index (χ1) is 6.59. The van der Waals surface area contributed by atoms with E-state index in [1.807, 2.05) is 6.92 Å². The van der Waals surface area contributed by atoms with Crippen LogP contribution in [0.25, 0.3) is 0 Å². The quantitative estimate of drug-likeness (QED) is 0.744. The van der Waals surface area contributed by atoms with E-state index < -0.39 is 0 Å². The Labute approximate surface area is 91.7 Å². The average molecular weight is 259 g/mol. The van der Waals surface area contributed by atoms with Crippen LogP contribution in [-0.4, -0.2) is 6.61 Å². The van der Waals surface area contributed by atoms with Crippen LogP contribution in [0.15, 0.2) is 34.8 Å². The van der Waals surface area contributed by atoms with Crippen molar-refractivity contribution in [1.82, 2.24) is 0 Å². The molecule has 0 aromatic heterocycles. The van der Waals surface area contributed by atoms with Crippen molar-refractivity contribution >= 4 is 15.9 Å². The second kappa shape index (κ2) is 5.15. The molecule has 0 radical (unpaired) electrons. The van der Waals surface area contributed by atoms with Gasteiger partial charge in [-0.1, -0.05) is 21.5 Å². The van der Waals surface area contributed by atoms with Crippen LogP contribution in [0, 0.1) is 5.82 Å². The number of rotatable bonds is 4. The van der Waals surface area contributed by atoms with E-state index in [4.69, 9.17) is 4.74 Å². The number of ether oxygens (including phenoxy) is 1. The lowest BCUT2D eigenvalue weighted by Gasteiger charge is -2.07. The summed E-state index contributed by atoms with van der Waals surface area (Å²) in [5.74, 6) is -0.0597. The lowest BCUT2D eigenvalue weighted by atomic mass is 10.2. The van der Waals surface area contributed by atoms with Crippen LogP contribution in [0.3, 0.4) is 0 Å². The summed E-state index contributed by atoms with van der Waals surface area (Å²) in [6.45, 7) is 6.12. The Hall–Kier alpha value is -0.830. The maximum Gasteiger partial charge on any atom is 0.165 e. The topological polar surface area (TPSA) is 9.23 Å². The number of hydrogen-bond acceptors (Lipinski definition) is 1. The van der Waals surface area contributed by atoms with Crippen molar-refractivity contribution in [3.63, 3.8) is 0 Å². The summed E-state index contributed by atoms with van der Waals surface area (Å²) in [5.41, 5.74) is 1.03. The van der Waals surface area contributed by atoms with Crippen LogP contribution in [0.2, 0.25) is 0 Å². The molecule has 0 aliphatic rings. The molecule has 0 fully saturated rings. The lowest BCUT2D eigenvalue weighted by molar-refractivity contribution is 0.305. The van der Waals surface area contributed by atoms with Crippen molar-refractivity contribution in [2.75, 3.05) is 6.61 Å². The molecule has 1 aromatic carbocycles. The summed E-state index contributed by atoms with van der Waals surface area (Å²) in [4.78, 5) is 0. The molecule has 0 bridgehead atoms. The standard InChI is InChI=1S/C11H12BrFO/c1-8(2)5-6-14-11-7-9(12)3-4-10(11)13/h3-4,7H,1,5-6H2,2H3. The number of hydrogen-bond donors (Lipinski definition) is 0. The summed E-state index contributed by atoms with van der Waals surface area (Å²) in [7, 11) is 0. The van der Waals surface area contributed by atoms with E-state index in [2.05, 4.69) is 22.5 Å². The van der Waals surface area contributed by atoms with Crippen molar-refractivity contribution in [3.05, 3.63) is 40.6 Å². The summed E-state index contributed by atoms with van der Waals surface area (Å²) >= 11 is 3.25. The van der Waals surface area contributed by atoms with Gasteiger partial charge in [-0.05, 0) is 25.1 Å². The van der Waals surface area contributed by atoms with Gasteiger partial charge >= 0.3 is 0 Å². The zero-order valence-corrected chi connectivity index (χ0v) is 9.60. The SMILES string of the molecule is C=C(C)CCOc1cc(Br)ccc1F. The minimum absolute atomic E-state index is 0.278. The lowest BCUT2D eigenvalue weighted by Crippen LogP contribution is -1.99. The van der Waals surface area contributed by atoms with Crippen molar-refractivity contribution < 1.29 is 9.13 Å². The molecule has 0 aliphatic heterocycles. The van der Waals surface area contributed by atoms with E-state index in [9.17, 15) is 4.39 Å². The Morgan fingerprint density at radius 1 is 1.57 bits per heavy atom. The van der Waals surface area contributed by atoms with Crippen LogP contribution in [0.5, 0.6) is 5.75 Å². The molecule has 1 aromatic rings. The molecule has 76 valence electrons. The first-order valence-electron chi connectivity index (χ1n) is 4.32. The van der Waals surface area contributed by atoms with Crippen molar-refractivity contribution in [2.24, 2.45) is 0 Å². The molecule has 1 rings (SSSR count). The molecule has 0 atom stereocenters. The Morgan fingerprint density at radius 2 is 2.29 bits per heavy atom. The van der Waals surface area contributed by atoms with Crippen LogP contribution in [0.1, 0.15) is 13.3 Å². The average Bonchev–Trinajstić information content (AvgIpc) is 2.10. The number of benzene rings is 1. The third kappa shape index (κ3) is 3.50. The fourth-order valence-electron chi connectivity index (χ4n) is 0.923. The molecule has 3 heteroatoms. The van der Waals surface area contributed by atoms with Crippen LogP contribution in [0.4, 0.5) is 4.39 Å². The summed E-state index contributed by atoms with van der Waals surface area (Å²) in [5, 5.41) is 0. The molecule has 14 heavy (non-hydrogen) atoms. The molecule has 0 unspecified atom stereocenters. The highest BCUT2D eigenvalue weighted by Gasteiger charge is 2.03. The molecule has 0 saturated heterocycles. The Kier molecular flexibility index (Phi) is 4.14. The zero-order chi connectivity index (χ0) is 10.6. The normalized spacial score (nSPS) is 9.93. The fraction of sp³-hybridized carbons (Fsp3) is 0.273. The van der Waals surface area contributed by atoms with Gasteiger partial charge in [0.05, 0.1) is 6.61 Å². The van der Waals surface area contributed by atoms with Crippen molar-refractivity contribution in [3.8, 4) is 5.75 Å². The minimum atomic E-state index is -0.338. The first kappa shape index (κ1) is 11.2. The van der Waals surface area contributed by atoms with Gasteiger partial charge in [-0.3, -0.25) is 0 Å². The van der Waals surface area contributed by atoms with Gasteiger partial charge in [-0.15, -0.1) is 6.58 Å². The molecule has 0 saturated carbocycles. The van der Waals surface area contributed by atoms with E-state index in [-0.39, 0.29) is 11.6 Å². The van der Waals surface area contributed by atoms with Gasteiger partial charge in [0.15, 0.2) is 11.6 Å². The van der Waals surface area contributed by atoms with Gasteiger partial charge in [-0.2, -0.15) is 0 Å². The van der Waals surface area contributed by atoms with Crippen molar-refractivity contribution in [1.29, 1.82) is 0 Å². The van der Waals surface area contributed by atoms with E-state index in [1.54, 1.807) is 12.1 Å². The summed E-state index contributed by atoms with van der Waals surface area (Å²) in [6.07, 6.45) is 0.742. The van der Waals surface area contributed by atoms with Gasteiger partial charge in [-0.25, -0.2) is 4.39 Å². The highest BCUT2D eigenvalue weighted by molar-refractivity contribution is 9.10. The second-order valence-corrected chi connectivity index (χ2v) is 4.05. The van der Waals surface area contributed by atoms with E-state index in [0.29, 0.717) is 6.61 Å². The van der Waals surface area contributed by atoms with Gasteiger partial charge in [0.2, 0.25) is 0 Å². The monoisotopic (exact) mass is 258 g/mol. The molecular weight excluding hydrogens is 247 g/mol. The predicted molar refractivity (Wildman–Crippen MR) is 59.0 cm³/mol. The fourth-order valence-corrected chi connectivity index (χ4v) is 1.26. The molecule has 0 heterocycles. The van der Waals surface area contributed by atoms with E-state index in [0.717, 1.165) is 16.5 Å². The summed E-state index contributed by atoms with van der Waals surface area (Å²) in [6, 6.07) is 4.63. The smallest absolute Gasteiger partial charge is 0.165 e. The van der Waals surface area contributed by atoms with Crippen LogP contribution in [-0.2, 0) is 0 Å². The Balaban J connectivity index is 2.57. The number of halogens is 2. The second-order valence-electron chi connectivity index (χ2n) is 3.13. The zero-order valence-electron chi connectivity index (χ0n) is 8.02. The maximum atomic E-state index is 13.1. The van der Waals surface area contributed by atoms with E-state index >= 15 is 0 Å². The van der Waals surface area contributed by atoms with Gasteiger partial charge in [0, 0.05) is 10.9 Å². The minimum Gasteiger partial charge on any atom is -0.490 e. The van der Waals surface area contributed by atoms with E-state index in [1.165, 1.54) is 6.07 Å². The van der Waals surface area contributed by atoms with Gasteiger partial charge < -0.3 is 4.74 Å². The van der Waals surface area contributed by atoms with Crippen molar-refractivity contribution in [2.45, 2.75) is 13.3 Å². The third-order valence-electron chi connectivity index (χ3n) is 1.68. The molecule has 0 amide bonds. The highest BCUT2D eigenvalue weighted by atomic mass is 79.9. The highest BCUT2D eigenvalue weighted by Crippen LogP contribution is 2.22. The molecule has 0 N–H and O–H groups in total.